The molecule has 1 N–H and O–H groups in total. The SMILES string of the molecule is COc1ccc(C(C)(C)C)cc1NC(=O)COC(=O)[C@@H]1C[C@H]1C. The van der Waals surface area contributed by atoms with E-state index in [4.69, 9.17) is 9.47 Å². The molecule has 1 saturated carbocycles. The zero-order chi connectivity index (χ0) is 17.2. The highest BCUT2D eigenvalue weighted by atomic mass is 16.5. The lowest BCUT2D eigenvalue weighted by Gasteiger charge is -2.21. The highest BCUT2D eigenvalue weighted by Gasteiger charge is 2.40. The molecule has 0 radical (unpaired) electrons. The normalized spacial score (nSPS) is 19.9. The van der Waals surface area contributed by atoms with Gasteiger partial charge in [0.2, 0.25) is 0 Å². The third-order valence-corrected chi connectivity index (χ3v) is 4.10. The van der Waals surface area contributed by atoms with Gasteiger partial charge >= 0.3 is 5.97 Å². The lowest BCUT2D eigenvalue weighted by Crippen LogP contribution is -2.22. The average molecular weight is 319 g/mol. The Hall–Kier alpha value is -2.04. The van der Waals surface area contributed by atoms with Crippen molar-refractivity contribution in [2.75, 3.05) is 19.0 Å². The summed E-state index contributed by atoms with van der Waals surface area (Å²) in [5, 5.41) is 2.76. The minimum atomic E-state index is -0.365. The van der Waals surface area contributed by atoms with Gasteiger partial charge in [0, 0.05) is 0 Å². The Bertz CT molecular complexity index is 604. The van der Waals surface area contributed by atoms with E-state index in [1.54, 1.807) is 7.11 Å². The lowest BCUT2D eigenvalue weighted by atomic mass is 9.87. The predicted molar refractivity (Wildman–Crippen MR) is 88.6 cm³/mol. The third kappa shape index (κ3) is 4.47. The van der Waals surface area contributed by atoms with E-state index >= 15 is 0 Å². The number of hydrogen-bond acceptors (Lipinski definition) is 4. The second-order valence-electron chi connectivity index (χ2n) is 7.14. The van der Waals surface area contributed by atoms with Crippen molar-refractivity contribution in [2.45, 2.75) is 39.5 Å². The summed E-state index contributed by atoms with van der Waals surface area (Å²) in [6, 6.07) is 5.69. The summed E-state index contributed by atoms with van der Waals surface area (Å²) < 4.78 is 10.3. The van der Waals surface area contributed by atoms with Crippen LogP contribution in [0, 0.1) is 11.8 Å². The van der Waals surface area contributed by atoms with E-state index in [2.05, 4.69) is 26.1 Å². The van der Waals surface area contributed by atoms with Crippen molar-refractivity contribution in [2.24, 2.45) is 11.8 Å². The Labute approximate surface area is 137 Å². The standard InChI is InChI=1S/C18H25NO4/c1-11-8-13(11)17(21)23-10-16(20)19-14-9-12(18(2,3)4)6-7-15(14)22-5/h6-7,9,11,13H,8,10H2,1-5H3,(H,19,20)/t11-,13-/m1/s1. The van der Waals surface area contributed by atoms with Crippen molar-refractivity contribution >= 4 is 17.6 Å². The van der Waals surface area contributed by atoms with Crippen LogP contribution in [0.25, 0.3) is 0 Å². The van der Waals surface area contributed by atoms with Crippen molar-refractivity contribution < 1.29 is 19.1 Å². The molecular weight excluding hydrogens is 294 g/mol. The van der Waals surface area contributed by atoms with Crippen LogP contribution in [-0.4, -0.2) is 25.6 Å². The van der Waals surface area contributed by atoms with Crippen molar-refractivity contribution in [1.29, 1.82) is 0 Å². The van der Waals surface area contributed by atoms with Gasteiger partial charge in [-0.05, 0) is 35.4 Å². The molecule has 126 valence electrons. The second-order valence-corrected chi connectivity index (χ2v) is 7.14. The number of ether oxygens (including phenoxy) is 2. The number of hydrogen-bond donors (Lipinski definition) is 1. The molecule has 5 nitrogen and oxygen atoms in total. The fourth-order valence-corrected chi connectivity index (χ4v) is 2.35. The van der Waals surface area contributed by atoms with Crippen LogP contribution in [0.3, 0.4) is 0 Å². The number of anilines is 1. The smallest absolute Gasteiger partial charge is 0.309 e. The summed E-state index contributed by atoms with van der Waals surface area (Å²) in [5.74, 6) is 0.253. The molecule has 1 aliphatic carbocycles. The first kappa shape index (κ1) is 17.3. The number of rotatable bonds is 5. The molecule has 0 aliphatic heterocycles. The van der Waals surface area contributed by atoms with E-state index in [0.717, 1.165) is 12.0 Å². The average Bonchev–Trinajstić information content (AvgIpc) is 3.21. The fourth-order valence-electron chi connectivity index (χ4n) is 2.35. The van der Waals surface area contributed by atoms with Gasteiger partial charge in [-0.25, -0.2) is 0 Å². The van der Waals surface area contributed by atoms with Gasteiger partial charge in [0.25, 0.3) is 5.91 Å². The maximum Gasteiger partial charge on any atom is 0.309 e. The van der Waals surface area contributed by atoms with Crippen molar-refractivity contribution in [3.8, 4) is 5.75 Å². The van der Waals surface area contributed by atoms with Crippen LogP contribution in [0.15, 0.2) is 18.2 Å². The lowest BCUT2D eigenvalue weighted by molar-refractivity contribution is -0.148. The molecule has 1 aliphatic rings. The quantitative estimate of drug-likeness (QED) is 0.847. The minimum Gasteiger partial charge on any atom is -0.495 e. The Morgan fingerprint density at radius 1 is 1.30 bits per heavy atom. The summed E-state index contributed by atoms with van der Waals surface area (Å²) in [7, 11) is 1.55. The zero-order valence-electron chi connectivity index (χ0n) is 14.4. The third-order valence-electron chi connectivity index (χ3n) is 4.10. The summed E-state index contributed by atoms with van der Waals surface area (Å²) in [5.41, 5.74) is 1.62. The summed E-state index contributed by atoms with van der Waals surface area (Å²) in [6.07, 6.45) is 0.849. The number of nitrogens with one attached hydrogen (secondary N) is 1. The van der Waals surface area contributed by atoms with Crippen molar-refractivity contribution in [3.05, 3.63) is 23.8 Å². The predicted octanol–water partition coefficient (Wildman–Crippen LogP) is 3.13. The molecule has 2 rings (SSSR count). The van der Waals surface area contributed by atoms with Gasteiger partial charge in [0.1, 0.15) is 5.75 Å². The molecule has 1 aromatic rings. The number of esters is 1. The van der Waals surface area contributed by atoms with Gasteiger partial charge in [0.05, 0.1) is 18.7 Å². The van der Waals surface area contributed by atoms with Crippen LogP contribution in [0.1, 0.15) is 39.7 Å². The van der Waals surface area contributed by atoms with E-state index in [1.165, 1.54) is 0 Å². The van der Waals surface area contributed by atoms with E-state index < -0.39 is 0 Å². The number of carbonyl (C=O) groups excluding carboxylic acids is 2. The molecule has 0 saturated heterocycles. The van der Waals surface area contributed by atoms with Crippen molar-refractivity contribution in [3.63, 3.8) is 0 Å². The molecule has 0 aromatic heterocycles. The van der Waals surface area contributed by atoms with E-state index in [1.807, 2.05) is 25.1 Å². The molecule has 1 fully saturated rings. The largest absolute Gasteiger partial charge is 0.495 e. The maximum absolute atomic E-state index is 12.0. The van der Waals surface area contributed by atoms with Crippen LogP contribution < -0.4 is 10.1 Å². The Kier molecular flexibility index (Phi) is 4.97. The first-order valence-electron chi connectivity index (χ1n) is 7.87. The summed E-state index contributed by atoms with van der Waals surface area (Å²) >= 11 is 0. The van der Waals surface area contributed by atoms with Gasteiger partial charge < -0.3 is 14.8 Å². The van der Waals surface area contributed by atoms with Crippen LogP contribution in [0.4, 0.5) is 5.69 Å². The molecule has 0 heterocycles. The van der Waals surface area contributed by atoms with Crippen molar-refractivity contribution in [1.82, 2.24) is 0 Å². The van der Waals surface area contributed by atoms with Gasteiger partial charge in [-0.15, -0.1) is 0 Å². The zero-order valence-corrected chi connectivity index (χ0v) is 14.4. The van der Waals surface area contributed by atoms with Gasteiger partial charge in [-0.2, -0.15) is 0 Å². The molecule has 5 heteroatoms. The molecule has 0 spiro atoms. The minimum absolute atomic E-state index is 0.0402. The van der Waals surface area contributed by atoms with Crippen LogP contribution in [0.2, 0.25) is 0 Å². The molecule has 23 heavy (non-hydrogen) atoms. The van der Waals surface area contributed by atoms with E-state index in [-0.39, 0.29) is 29.8 Å². The maximum atomic E-state index is 12.0. The van der Waals surface area contributed by atoms with Crippen LogP contribution in [-0.2, 0) is 19.7 Å². The molecule has 0 unspecified atom stereocenters. The fraction of sp³-hybridized carbons (Fsp3) is 0.556. The van der Waals surface area contributed by atoms with Gasteiger partial charge in [0.15, 0.2) is 6.61 Å². The first-order chi connectivity index (χ1) is 10.7. The number of amides is 1. The summed E-state index contributed by atoms with van der Waals surface area (Å²) in [4.78, 5) is 23.7. The Morgan fingerprint density at radius 2 is 1.96 bits per heavy atom. The Morgan fingerprint density at radius 3 is 2.48 bits per heavy atom. The second kappa shape index (κ2) is 6.60. The molecule has 1 amide bonds. The number of benzene rings is 1. The summed E-state index contributed by atoms with van der Waals surface area (Å²) in [6.45, 7) is 8.01. The monoisotopic (exact) mass is 319 g/mol. The molecular formula is C18H25NO4. The van der Waals surface area contributed by atoms with Gasteiger partial charge in [-0.1, -0.05) is 33.8 Å². The van der Waals surface area contributed by atoms with E-state index in [0.29, 0.717) is 17.4 Å². The molecule has 0 bridgehead atoms. The topological polar surface area (TPSA) is 64.6 Å². The van der Waals surface area contributed by atoms with Crippen LogP contribution in [0.5, 0.6) is 5.75 Å². The highest BCUT2D eigenvalue weighted by molar-refractivity contribution is 5.94. The molecule has 1 aromatic carbocycles. The van der Waals surface area contributed by atoms with E-state index in [9.17, 15) is 9.59 Å². The van der Waals surface area contributed by atoms with Gasteiger partial charge in [-0.3, -0.25) is 9.59 Å². The number of carbonyl (C=O) groups is 2. The highest BCUT2D eigenvalue weighted by Crippen LogP contribution is 2.38. The number of methoxy groups -OCH3 is 1. The first-order valence-corrected chi connectivity index (χ1v) is 7.87. The Balaban J connectivity index is 2.00. The van der Waals surface area contributed by atoms with Crippen LogP contribution >= 0.6 is 0 Å². The molecule has 2 atom stereocenters.